The second kappa shape index (κ2) is 16.9. The highest BCUT2D eigenvalue weighted by Gasteiger charge is 2.31. The highest BCUT2D eigenvalue weighted by Crippen LogP contribution is 2.26. The summed E-state index contributed by atoms with van der Waals surface area (Å²) in [6.07, 6.45) is 0.728. The van der Waals surface area contributed by atoms with Gasteiger partial charge in [-0.1, -0.05) is 41.2 Å². The minimum atomic E-state index is -4.98. The highest BCUT2D eigenvalue weighted by molar-refractivity contribution is 5.92. The van der Waals surface area contributed by atoms with Crippen LogP contribution in [0.4, 0.5) is 30.7 Å². The molecule has 2 amide bonds. The van der Waals surface area contributed by atoms with Gasteiger partial charge in [-0.15, -0.1) is 23.4 Å². The maximum Gasteiger partial charge on any atom is 0.573 e. The van der Waals surface area contributed by atoms with Crippen molar-refractivity contribution in [3.8, 4) is 5.75 Å². The molecule has 0 aliphatic heterocycles. The Morgan fingerprint density at radius 2 is 1.63 bits per heavy atom. The molecule has 3 aromatic rings. The smallest absolute Gasteiger partial charge is 0.406 e. The molecule has 1 unspecified atom stereocenters. The number of allylic oxidation sites excluding steroid dienone is 4. The molecule has 49 heavy (non-hydrogen) atoms. The fraction of sp³-hybridized carbons (Fsp3) is 0.419. The van der Waals surface area contributed by atoms with Crippen molar-refractivity contribution in [2.45, 2.75) is 78.6 Å². The highest BCUT2D eigenvalue weighted by atomic mass is 19.4. The minimum absolute atomic E-state index is 0.0338. The fourth-order valence-corrected chi connectivity index (χ4v) is 4.25. The Hall–Kier alpha value is -5.03. The molecule has 0 saturated carbocycles. The fourth-order valence-electron chi connectivity index (χ4n) is 4.25. The number of aromatic nitrogens is 6. The Labute approximate surface area is 276 Å². The van der Waals surface area contributed by atoms with Crippen molar-refractivity contribution in [3.63, 3.8) is 0 Å². The normalized spacial score (nSPS) is 13.7. The van der Waals surface area contributed by atoms with Crippen LogP contribution in [0.15, 0.2) is 65.5 Å². The van der Waals surface area contributed by atoms with E-state index in [-0.39, 0.29) is 48.6 Å². The van der Waals surface area contributed by atoms with Crippen molar-refractivity contribution in [3.05, 3.63) is 88.3 Å². The van der Waals surface area contributed by atoms with E-state index in [0.717, 1.165) is 41.6 Å². The van der Waals surface area contributed by atoms with Gasteiger partial charge in [-0.3, -0.25) is 14.3 Å². The number of hydrogen-bond donors (Lipinski definition) is 2. The van der Waals surface area contributed by atoms with Crippen LogP contribution < -0.4 is 15.4 Å². The van der Waals surface area contributed by atoms with Crippen LogP contribution in [0.2, 0.25) is 0 Å². The van der Waals surface area contributed by atoms with Crippen LogP contribution in [0.1, 0.15) is 67.1 Å². The average molecular weight is 701 g/mol. The summed E-state index contributed by atoms with van der Waals surface area (Å²) < 4.78 is 99.6. The van der Waals surface area contributed by atoms with Crippen molar-refractivity contribution >= 4 is 11.8 Å². The van der Waals surface area contributed by atoms with Crippen molar-refractivity contribution in [1.82, 2.24) is 40.6 Å². The number of aryl methyl sites for hydroxylation is 1. The second-order valence-corrected chi connectivity index (χ2v) is 10.9. The van der Waals surface area contributed by atoms with Crippen molar-refractivity contribution in [2.75, 3.05) is 6.54 Å². The van der Waals surface area contributed by atoms with Gasteiger partial charge in [0.1, 0.15) is 17.7 Å². The molecule has 2 aromatic heterocycles. The molecule has 0 radical (unpaired) electrons. The summed E-state index contributed by atoms with van der Waals surface area (Å²) in [6.45, 7) is 5.34. The molecule has 266 valence electrons. The lowest BCUT2D eigenvalue weighted by molar-refractivity contribution is -0.274. The van der Waals surface area contributed by atoms with Gasteiger partial charge in [0.05, 0.1) is 18.9 Å². The molecular weight excluding hydrogens is 665 g/mol. The van der Waals surface area contributed by atoms with Gasteiger partial charge >= 0.3 is 6.36 Å². The zero-order valence-corrected chi connectivity index (χ0v) is 27.0. The maximum absolute atomic E-state index is 14.7. The molecule has 1 atom stereocenters. The average Bonchev–Trinajstić information content (AvgIpc) is 3.70. The van der Waals surface area contributed by atoms with Crippen molar-refractivity contribution < 1.29 is 45.1 Å². The first kappa shape index (κ1) is 38.4. The molecule has 0 spiro atoms. The number of carbonyl (C=O) groups excluding carboxylic acids is 2. The molecule has 0 fully saturated rings. The number of amides is 2. The molecule has 0 bridgehead atoms. The monoisotopic (exact) mass is 700 g/mol. The largest absolute Gasteiger partial charge is 0.573 e. The van der Waals surface area contributed by atoms with Gasteiger partial charge in [0, 0.05) is 44.1 Å². The van der Waals surface area contributed by atoms with E-state index in [1.165, 1.54) is 36.0 Å². The van der Waals surface area contributed by atoms with E-state index in [1.54, 1.807) is 0 Å². The van der Waals surface area contributed by atoms with E-state index in [9.17, 15) is 40.3 Å². The lowest BCUT2D eigenvalue weighted by Crippen LogP contribution is -2.26. The van der Waals surface area contributed by atoms with E-state index in [4.69, 9.17) is 0 Å². The zero-order valence-electron chi connectivity index (χ0n) is 27.0. The quantitative estimate of drug-likeness (QED) is 0.141. The third-order valence-electron chi connectivity index (χ3n) is 7.09. The van der Waals surface area contributed by atoms with Gasteiger partial charge in [-0.25, -0.2) is 22.2 Å². The summed E-state index contributed by atoms with van der Waals surface area (Å²) in [5.41, 5.74) is 0.834. The Kier molecular flexibility index (Phi) is 13.2. The predicted octanol–water partition coefficient (Wildman–Crippen LogP) is 5.88. The van der Waals surface area contributed by atoms with E-state index in [0.29, 0.717) is 12.0 Å². The third-order valence-corrected chi connectivity index (χ3v) is 7.09. The van der Waals surface area contributed by atoms with E-state index >= 15 is 0 Å². The van der Waals surface area contributed by atoms with Crippen LogP contribution in [-0.2, 0) is 19.6 Å². The van der Waals surface area contributed by atoms with Crippen LogP contribution in [0, 0.1) is 5.82 Å². The van der Waals surface area contributed by atoms with Gasteiger partial charge in [-0.05, 0) is 44.0 Å². The third kappa shape index (κ3) is 12.2. The lowest BCUT2D eigenvalue weighted by Gasteiger charge is -2.12. The Morgan fingerprint density at radius 1 is 1.00 bits per heavy atom. The van der Waals surface area contributed by atoms with Crippen molar-refractivity contribution in [2.24, 2.45) is 0 Å². The van der Waals surface area contributed by atoms with Gasteiger partial charge in [0.15, 0.2) is 11.4 Å². The number of ether oxygens (including phenoxy) is 1. The molecule has 2 N–H and O–H groups in total. The summed E-state index contributed by atoms with van der Waals surface area (Å²) in [5.74, 6) is -5.95. The van der Waals surface area contributed by atoms with Gasteiger partial charge in [0.25, 0.3) is 17.7 Å². The second-order valence-electron chi connectivity index (χ2n) is 10.9. The van der Waals surface area contributed by atoms with Crippen molar-refractivity contribution in [1.29, 1.82) is 0 Å². The number of carbonyl (C=O) groups is 2. The summed E-state index contributed by atoms with van der Waals surface area (Å²) in [6, 6.07) is 2.35. The van der Waals surface area contributed by atoms with Gasteiger partial charge in [0.2, 0.25) is 0 Å². The summed E-state index contributed by atoms with van der Waals surface area (Å²) in [5, 5.41) is 20.0. The van der Waals surface area contributed by atoms with E-state index in [1.807, 2.05) is 13.8 Å². The SMILES string of the molecule is C\C=C(/C=C\C(CNC(=O)c1cn(CCC(F)Cn2cc(C(=O)NCc3cc(OC(F)(F)F)ccc3F)nn2)nn1)=C(\C)CC)C(C)(F)F. The van der Waals surface area contributed by atoms with E-state index < -0.39 is 48.4 Å². The predicted molar refractivity (Wildman–Crippen MR) is 163 cm³/mol. The van der Waals surface area contributed by atoms with Crippen LogP contribution >= 0.6 is 0 Å². The molecule has 2 heterocycles. The number of nitrogens with one attached hydrogen (secondary N) is 2. The van der Waals surface area contributed by atoms with Gasteiger partial charge < -0.3 is 15.4 Å². The topological polar surface area (TPSA) is 129 Å². The van der Waals surface area contributed by atoms with Crippen LogP contribution in [-0.4, -0.2) is 66.8 Å². The van der Waals surface area contributed by atoms with Crippen LogP contribution in [0.25, 0.3) is 0 Å². The molecule has 0 aliphatic rings. The van der Waals surface area contributed by atoms with Crippen LogP contribution in [0.3, 0.4) is 0 Å². The summed E-state index contributed by atoms with van der Waals surface area (Å²) in [4.78, 5) is 25.1. The number of hydrogen-bond acceptors (Lipinski definition) is 7. The first-order valence-electron chi connectivity index (χ1n) is 14.9. The number of benzene rings is 1. The molecular formula is C31H35F7N8O3. The Bertz CT molecular complexity index is 1690. The first-order valence-corrected chi connectivity index (χ1v) is 14.9. The standard InChI is InChI=1S/C31H35F7N8O3/c1-5-19(3)20(7-8-22(6-2)30(4,34)35)14-39-28(47)26-17-45(43-41-26)12-11-23(32)16-46-18-27(42-44-46)29(48)40-15-21-13-24(9-10-25(21)33)49-31(36,37)38/h6-10,13,17-18,23H,5,11-12,14-16H2,1-4H3,(H,39,47)(H,40,48)/b8-7-,20-19+,22-6+. The number of nitrogens with zero attached hydrogens (tertiary/aromatic N) is 6. The Morgan fingerprint density at radius 3 is 2.24 bits per heavy atom. The van der Waals surface area contributed by atoms with E-state index in [2.05, 4.69) is 36.0 Å². The lowest BCUT2D eigenvalue weighted by atomic mass is 10.0. The molecule has 11 nitrogen and oxygen atoms in total. The molecule has 0 saturated heterocycles. The first-order chi connectivity index (χ1) is 23.0. The molecule has 3 rings (SSSR count). The molecule has 1 aromatic carbocycles. The molecule has 0 aliphatic carbocycles. The van der Waals surface area contributed by atoms with Gasteiger partial charge in [-0.2, -0.15) is 0 Å². The number of alkyl halides is 6. The summed E-state index contributed by atoms with van der Waals surface area (Å²) in [7, 11) is 0. The maximum atomic E-state index is 14.7. The molecule has 18 heteroatoms. The minimum Gasteiger partial charge on any atom is -0.406 e. The number of rotatable bonds is 16. The number of halogens is 7. The zero-order chi connectivity index (χ0) is 36.4. The Balaban J connectivity index is 1.49. The van der Waals surface area contributed by atoms with Crippen LogP contribution in [0.5, 0.6) is 5.75 Å². The summed E-state index contributed by atoms with van der Waals surface area (Å²) >= 11 is 0.